The van der Waals surface area contributed by atoms with Gasteiger partial charge in [0.15, 0.2) is 0 Å². The number of hydrogen-bond acceptors (Lipinski definition) is 0. The van der Waals surface area contributed by atoms with E-state index in [2.05, 4.69) is 6.92 Å². The summed E-state index contributed by atoms with van der Waals surface area (Å²) in [4.78, 5) is 0. The van der Waals surface area contributed by atoms with Gasteiger partial charge >= 0.3 is 6.18 Å². The minimum absolute atomic E-state index is 0.242. The van der Waals surface area contributed by atoms with Gasteiger partial charge in [-0.3, -0.25) is 0 Å². The smallest absolute Gasteiger partial charge is 0.206 e. The number of halogens is 4. The second-order valence-corrected chi connectivity index (χ2v) is 6.63. The Morgan fingerprint density at radius 1 is 1.17 bits per heavy atom. The Balaban J connectivity index is 2.07. The third-order valence-corrected chi connectivity index (χ3v) is 4.90. The first kappa shape index (κ1) is 18.0. The molecule has 0 aliphatic heterocycles. The predicted octanol–water partition coefficient (Wildman–Crippen LogP) is 6.85. The van der Waals surface area contributed by atoms with Crippen molar-refractivity contribution < 1.29 is 17.6 Å². The van der Waals surface area contributed by atoms with E-state index < -0.39 is 17.6 Å². The Bertz CT molecular complexity index is 549. The molecule has 0 saturated heterocycles. The second kappa shape index (κ2) is 7.50. The van der Waals surface area contributed by atoms with Crippen LogP contribution in [-0.2, 0) is 6.18 Å². The van der Waals surface area contributed by atoms with Crippen LogP contribution in [0.5, 0.6) is 0 Å². The molecule has 23 heavy (non-hydrogen) atoms. The molecule has 0 nitrogen and oxygen atoms in total. The topological polar surface area (TPSA) is 0 Å². The van der Waals surface area contributed by atoms with Gasteiger partial charge in [0.1, 0.15) is 5.82 Å². The molecule has 1 aliphatic carbocycles. The van der Waals surface area contributed by atoms with E-state index >= 15 is 0 Å². The zero-order valence-electron chi connectivity index (χ0n) is 13.7. The van der Waals surface area contributed by atoms with E-state index in [0.29, 0.717) is 12.0 Å². The molecular formula is C19H24F4. The van der Waals surface area contributed by atoms with Crippen LogP contribution in [0.25, 0.3) is 6.08 Å². The van der Waals surface area contributed by atoms with E-state index in [1.807, 2.05) is 6.92 Å². The molecule has 2 rings (SSSR count). The molecule has 0 bridgehead atoms. The molecule has 4 heteroatoms. The first-order chi connectivity index (χ1) is 10.8. The van der Waals surface area contributed by atoms with Gasteiger partial charge in [0.05, 0.1) is 5.56 Å². The van der Waals surface area contributed by atoms with Crippen LogP contribution < -0.4 is 0 Å². The molecule has 0 aromatic heterocycles. The third kappa shape index (κ3) is 4.82. The van der Waals surface area contributed by atoms with Crippen LogP contribution in [0.15, 0.2) is 23.8 Å². The lowest BCUT2D eigenvalue weighted by Gasteiger charge is -2.29. The number of hydrogen-bond donors (Lipinski definition) is 0. The number of benzene rings is 1. The SMILES string of the molecule is CCCC1CCC(/C(C)=C/c2ccc(C(F)(F)F)cc2F)CC1. The minimum Gasteiger partial charge on any atom is -0.206 e. The highest BCUT2D eigenvalue weighted by Gasteiger charge is 2.31. The van der Waals surface area contributed by atoms with Gasteiger partial charge in [0.25, 0.3) is 0 Å². The van der Waals surface area contributed by atoms with Crippen molar-refractivity contribution in [2.75, 3.05) is 0 Å². The van der Waals surface area contributed by atoms with Crippen molar-refractivity contribution in [3.8, 4) is 0 Å². The molecular weight excluding hydrogens is 304 g/mol. The molecule has 128 valence electrons. The predicted molar refractivity (Wildman–Crippen MR) is 85.4 cm³/mol. The number of allylic oxidation sites excluding steroid dienone is 1. The zero-order chi connectivity index (χ0) is 17.0. The monoisotopic (exact) mass is 328 g/mol. The van der Waals surface area contributed by atoms with Crippen molar-refractivity contribution in [1.29, 1.82) is 0 Å². The second-order valence-electron chi connectivity index (χ2n) is 6.63. The maximum atomic E-state index is 13.9. The summed E-state index contributed by atoms with van der Waals surface area (Å²) in [5, 5.41) is 0. The van der Waals surface area contributed by atoms with Crippen molar-refractivity contribution in [2.24, 2.45) is 11.8 Å². The van der Waals surface area contributed by atoms with Crippen molar-refractivity contribution in [3.05, 3.63) is 40.7 Å². The molecule has 0 spiro atoms. The van der Waals surface area contributed by atoms with Gasteiger partial charge in [-0.1, -0.05) is 37.5 Å². The third-order valence-electron chi connectivity index (χ3n) is 4.90. The van der Waals surface area contributed by atoms with E-state index in [9.17, 15) is 17.6 Å². The Labute approximate surface area is 135 Å². The highest BCUT2D eigenvalue weighted by molar-refractivity contribution is 5.54. The van der Waals surface area contributed by atoms with Crippen molar-refractivity contribution in [1.82, 2.24) is 0 Å². The Hall–Kier alpha value is -1.32. The van der Waals surface area contributed by atoms with E-state index in [0.717, 1.165) is 30.4 Å². The summed E-state index contributed by atoms with van der Waals surface area (Å²) in [6.45, 7) is 4.16. The molecule has 0 N–H and O–H groups in total. The van der Waals surface area contributed by atoms with Gasteiger partial charge < -0.3 is 0 Å². The molecule has 0 heterocycles. The highest BCUT2D eigenvalue weighted by Crippen LogP contribution is 2.36. The Morgan fingerprint density at radius 2 is 1.83 bits per heavy atom. The van der Waals surface area contributed by atoms with Crippen LogP contribution >= 0.6 is 0 Å². The van der Waals surface area contributed by atoms with Crippen LogP contribution in [0.1, 0.15) is 63.5 Å². The molecule has 0 amide bonds. The van der Waals surface area contributed by atoms with Crippen molar-refractivity contribution in [2.45, 2.75) is 58.5 Å². The van der Waals surface area contributed by atoms with E-state index in [1.54, 1.807) is 6.08 Å². The Morgan fingerprint density at radius 3 is 2.35 bits per heavy atom. The van der Waals surface area contributed by atoms with Crippen molar-refractivity contribution >= 4 is 6.08 Å². The Kier molecular flexibility index (Phi) is 5.88. The summed E-state index contributed by atoms with van der Waals surface area (Å²) in [5.74, 6) is 0.412. The maximum Gasteiger partial charge on any atom is 0.416 e. The van der Waals surface area contributed by atoms with Crippen LogP contribution in [-0.4, -0.2) is 0 Å². The summed E-state index contributed by atoms with van der Waals surface area (Å²) < 4.78 is 51.6. The van der Waals surface area contributed by atoms with Crippen LogP contribution in [0.2, 0.25) is 0 Å². The van der Waals surface area contributed by atoms with Gasteiger partial charge in [-0.25, -0.2) is 4.39 Å². The fourth-order valence-corrected chi connectivity index (χ4v) is 3.50. The van der Waals surface area contributed by atoms with Crippen LogP contribution in [0, 0.1) is 17.7 Å². The summed E-state index contributed by atoms with van der Waals surface area (Å²) >= 11 is 0. The molecule has 1 aliphatic rings. The first-order valence-corrected chi connectivity index (χ1v) is 8.36. The van der Waals surface area contributed by atoms with Gasteiger partial charge in [-0.05, 0) is 56.6 Å². The summed E-state index contributed by atoms with van der Waals surface area (Å²) in [6.07, 6.45) is 4.25. The minimum atomic E-state index is -4.50. The molecule has 0 unspecified atom stereocenters. The first-order valence-electron chi connectivity index (χ1n) is 8.36. The maximum absolute atomic E-state index is 13.9. The molecule has 1 aromatic carbocycles. The fraction of sp³-hybridized carbons (Fsp3) is 0.579. The van der Waals surface area contributed by atoms with E-state index in [4.69, 9.17) is 0 Å². The molecule has 1 aromatic rings. The highest BCUT2D eigenvalue weighted by atomic mass is 19.4. The van der Waals surface area contributed by atoms with Crippen LogP contribution in [0.3, 0.4) is 0 Å². The lowest BCUT2D eigenvalue weighted by molar-refractivity contribution is -0.137. The zero-order valence-corrected chi connectivity index (χ0v) is 13.7. The molecule has 1 saturated carbocycles. The summed E-state index contributed by atoms with van der Waals surface area (Å²) in [6, 6.07) is 2.75. The summed E-state index contributed by atoms with van der Waals surface area (Å²) in [5.41, 5.74) is 0.370. The largest absolute Gasteiger partial charge is 0.416 e. The number of rotatable bonds is 4. The van der Waals surface area contributed by atoms with E-state index in [1.165, 1.54) is 31.7 Å². The van der Waals surface area contributed by atoms with Gasteiger partial charge in [0.2, 0.25) is 0 Å². The van der Waals surface area contributed by atoms with E-state index in [-0.39, 0.29) is 5.56 Å². The fourth-order valence-electron chi connectivity index (χ4n) is 3.50. The van der Waals surface area contributed by atoms with Gasteiger partial charge in [-0.2, -0.15) is 13.2 Å². The van der Waals surface area contributed by atoms with Crippen molar-refractivity contribution in [3.63, 3.8) is 0 Å². The number of alkyl halides is 3. The lowest BCUT2D eigenvalue weighted by atomic mass is 9.77. The lowest BCUT2D eigenvalue weighted by Crippen LogP contribution is -2.15. The normalized spacial score (nSPS) is 23.1. The average Bonchev–Trinajstić information content (AvgIpc) is 2.49. The van der Waals surface area contributed by atoms with Gasteiger partial charge in [0, 0.05) is 5.56 Å². The summed E-state index contributed by atoms with van der Waals surface area (Å²) in [7, 11) is 0. The quantitative estimate of drug-likeness (QED) is 0.530. The standard InChI is InChI=1S/C19H24F4/c1-3-4-14-5-7-15(8-6-14)13(2)11-16-9-10-17(12-18(16)20)19(21,22)23/h9-12,14-15H,3-8H2,1-2H3/b13-11+. The molecule has 0 atom stereocenters. The average molecular weight is 328 g/mol. The molecule has 0 radical (unpaired) electrons. The van der Waals surface area contributed by atoms with Gasteiger partial charge in [-0.15, -0.1) is 0 Å². The van der Waals surface area contributed by atoms with Crippen LogP contribution in [0.4, 0.5) is 17.6 Å². The molecule has 1 fully saturated rings.